The Kier molecular flexibility index (Phi) is 4.66. The van der Waals surface area contributed by atoms with Gasteiger partial charge < -0.3 is 4.90 Å². The van der Waals surface area contributed by atoms with Crippen LogP contribution in [0.4, 0.5) is 0 Å². The van der Waals surface area contributed by atoms with E-state index in [2.05, 4.69) is 48.5 Å². The third-order valence-corrected chi connectivity index (χ3v) is 5.55. The largest absolute Gasteiger partial charge is 0.302 e. The van der Waals surface area contributed by atoms with Gasteiger partial charge in [0.05, 0.1) is 0 Å². The lowest BCUT2D eigenvalue weighted by Gasteiger charge is -2.31. The summed E-state index contributed by atoms with van der Waals surface area (Å²) in [6.45, 7) is 13.2. The SMILES string of the molecule is CCC1(CC)CCN(CC(C)(C)CBr)C1. The molecular weight excluding hydrogens is 250 g/mol. The lowest BCUT2D eigenvalue weighted by atomic mass is 9.82. The lowest BCUT2D eigenvalue weighted by Crippen LogP contribution is -2.35. The Labute approximate surface area is 104 Å². The second kappa shape index (κ2) is 5.18. The molecule has 0 aromatic carbocycles. The van der Waals surface area contributed by atoms with Gasteiger partial charge in [0.25, 0.3) is 0 Å². The number of likely N-dealkylation sites (tertiary alicyclic amines) is 1. The zero-order chi connectivity index (χ0) is 11.5. The zero-order valence-electron chi connectivity index (χ0n) is 10.8. The molecule has 0 N–H and O–H groups in total. The first-order chi connectivity index (χ1) is 6.97. The molecular formula is C13H26BrN. The fourth-order valence-corrected chi connectivity index (χ4v) is 2.81. The van der Waals surface area contributed by atoms with Crippen LogP contribution in [0.1, 0.15) is 47.0 Å². The van der Waals surface area contributed by atoms with E-state index >= 15 is 0 Å². The van der Waals surface area contributed by atoms with Gasteiger partial charge in [0, 0.05) is 18.4 Å². The fourth-order valence-electron chi connectivity index (χ4n) is 2.64. The van der Waals surface area contributed by atoms with E-state index in [4.69, 9.17) is 0 Å². The van der Waals surface area contributed by atoms with Gasteiger partial charge in [-0.15, -0.1) is 0 Å². The topological polar surface area (TPSA) is 3.24 Å². The van der Waals surface area contributed by atoms with Gasteiger partial charge in [-0.3, -0.25) is 0 Å². The van der Waals surface area contributed by atoms with E-state index in [1.54, 1.807) is 0 Å². The molecule has 15 heavy (non-hydrogen) atoms. The van der Waals surface area contributed by atoms with Gasteiger partial charge in [-0.1, -0.05) is 43.6 Å². The van der Waals surface area contributed by atoms with Crippen molar-refractivity contribution in [2.75, 3.05) is 25.0 Å². The zero-order valence-corrected chi connectivity index (χ0v) is 12.4. The summed E-state index contributed by atoms with van der Waals surface area (Å²) in [5.41, 5.74) is 1.04. The molecule has 0 unspecified atom stereocenters. The summed E-state index contributed by atoms with van der Waals surface area (Å²) in [5.74, 6) is 0. The molecule has 2 heteroatoms. The summed E-state index contributed by atoms with van der Waals surface area (Å²) in [7, 11) is 0. The maximum absolute atomic E-state index is 3.61. The number of halogens is 1. The normalized spacial score (nSPS) is 22.2. The Morgan fingerprint density at radius 3 is 2.27 bits per heavy atom. The molecule has 1 aliphatic rings. The van der Waals surface area contributed by atoms with Crippen molar-refractivity contribution in [2.45, 2.75) is 47.0 Å². The van der Waals surface area contributed by atoms with E-state index in [9.17, 15) is 0 Å². The van der Waals surface area contributed by atoms with Gasteiger partial charge >= 0.3 is 0 Å². The Morgan fingerprint density at radius 2 is 1.87 bits per heavy atom. The highest BCUT2D eigenvalue weighted by molar-refractivity contribution is 9.09. The Balaban J connectivity index is 2.49. The molecule has 0 aliphatic carbocycles. The summed E-state index contributed by atoms with van der Waals surface area (Å²) in [5, 5.41) is 1.10. The van der Waals surface area contributed by atoms with E-state index in [-0.39, 0.29) is 0 Å². The van der Waals surface area contributed by atoms with Crippen molar-refractivity contribution in [3.8, 4) is 0 Å². The molecule has 0 bridgehead atoms. The van der Waals surface area contributed by atoms with Crippen LogP contribution < -0.4 is 0 Å². The van der Waals surface area contributed by atoms with Crippen LogP contribution in [-0.2, 0) is 0 Å². The molecule has 0 saturated carbocycles. The number of alkyl halides is 1. The van der Waals surface area contributed by atoms with Crippen molar-refractivity contribution < 1.29 is 0 Å². The smallest absolute Gasteiger partial charge is 0.00949 e. The van der Waals surface area contributed by atoms with Gasteiger partial charge in [0.15, 0.2) is 0 Å². The number of hydrogen-bond acceptors (Lipinski definition) is 1. The molecule has 0 aromatic heterocycles. The molecule has 0 amide bonds. The first-order valence-corrected chi connectivity index (χ1v) is 7.37. The highest BCUT2D eigenvalue weighted by atomic mass is 79.9. The first-order valence-electron chi connectivity index (χ1n) is 6.25. The molecule has 0 aromatic rings. The third-order valence-electron chi connectivity index (χ3n) is 4.03. The monoisotopic (exact) mass is 275 g/mol. The van der Waals surface area contributed by atoms with Crippen LogP contribution in [0, 0.1) is 10.8 Å². The summed E-state index contributed by atoms with van der Waals surface area (Å²) < 4.78 is 0. The molecule has 1 heterocycles. The predicted molar refractivity (Wildman–Crippen MR) is 71.6 cm³/mol. The second-order valence-electron chi connectivity index (χ2n) is 5.97. The first kappa shape index (κ1) is 13.5. The van der Waals surface area contributed by atoms with Crippen molar-refractivity contribution >= 4 is 15.9 Å². The fraction of sp³-hybridized carbons (Fsp3) is 1.00. The van der Waals surface area contributed by atoms with Gasteiger partial charge in [-0.25, -0.2) is 0 Å². The molecule has 0 radical (unpaired) electrons. The Bertz CT molecular complexity index is 197. The molecule has 1 saturated heterocycles. The van der Waals surface area contributed by atoms with Crippen molar-refractivity contribution in [2.24, 2.45) is 10.8 Å². The molecule has 0 atom stereocenters. The molecule has 0 spiro atoms. The summed E-state index contributed by atoms with van der Waals surface area (Å²) >= 11 is 3.61. The maximum Gasteiger partial charge on any atom is 0.00949 e. The molecule has 1 nitrogen and oxygen atoms in total. The molecule has 1 fully saturated rings. The summed E-state index contributed by atoms with van der Waals surface area (Å²) in [6.07, 6.45) is 4.09. The van der Waals surface area contributed by atoms with Crippen LogP contribution in [0.5, 0.6) is 0 Å². The van der Waals surface area contributed by atoms with Crippen molar-refractivity contribution in [3.63, 3.8) is 0 Å². The lowest BCUT2D eigenvalue weighted by molar-refractivity contribution is 0.193. The van der Waals surface area contributed by atoms with Crippen molar-refractivity contribution in [1.82, 2.24) is 4.90 Å². The number of nitrogens with zero attached hydrogens (tertiary/aromatic N) is 1. The average molecular weight is 276 g/mol. The van der Waals surface area contributed by atoms with Crippen LogP contribution in [-0.4, -0.2) is 29.9 Å². The van der Waals surface area contributed by atoms with E-state index in [0.29, 0.717) is 10.8 Å². The molecule has 90 valence electrons. The van der Waals surface area contributed by atoms with Crippen LogP contribution in [0.15, 0.2) is 0 Å². The van der Waals surface area contributed by atoms with Crippen LogP contribution in [0.2, 0.25) is 0 Å². The van der Waals surface area contributed by atoms with Gasteiger partial charge in [-0.05, 0) is 36.6 Å². The van der Waals surface area contributed by atoms with E-state index < -0.39 is 0 Å². The van der Waals surface area contributed by atoms with Crippen molar-refractivity contribution in [3.05, 3.63) is 0 Å². The predicted octanol–water partition coefficient (Wildman–Crippen LogP) is 3.92. The van der Waals surface area contributed by atoms with E-state index in [1.807, 2.05) is 0 Å². The van der Waals surface area contributed by atoms with E-state index in [1.165, 1.54) is 38.9 Å². The highest BCUT2D eigenvalue weighted by Crippen LogP contribution is 2.38. The summed E-state index contributed by atoms with van der Waals surface area (Å²) in [4.78, 5) is 2.66. The van der Waals surface area contributed by atoms with Crippen LogP contribution in [0.25, 0.3) is 0 Å². The Morgan fingerprint density at radius 1 is 1.27 bits per heavy atom. The van der Waals surface area contributed by atoms with Gasteiger partial charge in [-0.2, -0.15) is 0 Å². The quantitative estimate of drug-likeness (QED) is 0.688. The van der Waals surface area contributed by atoms with Crippen LogP contribution in [0.3, 0.4) is 0 Å². The minimum absolute atomic E-state index is 0.414. The summed E-state index contributed by atoms with van der Waals surface area (Å²) in [6, 6.07) is 0. The van der Waals surface area contributed by atoms with Crippen molar-refractivity contribution in [1.29, 1.82) is 0 Å². The molecule has 1 rings (SSSR count). The minimum Gasteiger partial charge on any atom is -0.302 e. The Hall–Kier alpha value is 0.440. The number of rotatable bonds is 5. The van der Waals surface area contributed by atoms with Gasteiger partial charge in [0.1, 0.15) is 0 Å². The third kappa shape index (κ3) is 3.45. The van der Waals surface area contributed by atoms with E-state index in [0.717, 1.165) is 5.33 Å². The molecule has 1 aliphatic heterocycles. The standard InChI is InChI=1S/C13H26BrN/c1-5-13(6-2)7-8-15(11-13)10-12(3,4)9-14/h5-11H2,1-4H3. The maximum atomic E-state index is 3.61. The van der Waals surface area contributed by atoms with Gasteiger partial charge in [0.2, 0.25) is 0 Å². The average Bonchev–Trinajstić information content (AvgIpc) is 2.62. The highest BCUT2D eigenvalue weighted by Gasteiger charge is 2.36. The number of hydrogen-bond donors (Lipinski definition) is 0. The second-order valence-corrected chi connectivity index (χ2v) is 6.53. The minimum atomic E-state index is 0.414. The van der Waals surface area contributed by atoms with Crippen LogP contribution >= 0.6 is 15.9 Å².